The summed E-state index contributed by atoms with van der Waals surface area (Å²) in [5.74, 6) is 0. The summed E-state index contributed by atoms with van der Waals surface area (Å²) in [5.41, 5.74) is 8.13. The van der Waals surface area contributed by atoms with Crippen molar-refractivity contribution in [2.75, 3.05) is 0 Å². The third-order valence-electron chi connectivity index (χ3n) is 2.73. The van der Waals surface area contributed by atoms with Crippen LogP contribution < -0.4 is 0 Å². The van der Waals surface area contributed by atoms with Gasteiger partial charge in [0.1, 0.15) is 0 Å². The van der Waals surface area contributed by atoms with Crippen LogP contribution in [0, 0.1) is 41.5 Å². The predicted molar refractivity (Wildman–Crippen MR) is 81.3 cm³/mol. The van der Waals surface area contributed by atoms with Gasteiger partial charge in [0.2, 0.25) is 0 Å². The van der Waals surface area contributed by atoms with Gasteiger partial charge in [0, 0.05) is 0 Å². The van der Waals surface area contributed by atoms with Crippen LogP contribution in [0.25, 0.3) is 0 Å². The fourth-order valence-electron chi connectivity index (χ4n) is 2.40. The maximum atomic E-state index is 2.19. The zero-order chi connectivity index (χ0) is 13.7. The van der Waals surface area contributed by atoms with Gasteiger partial charge in [0.15, 0.2) is 0 Å². The van der Waals surface area contributed by atoms with Crippen molar-refractivity contribution in [3.63, 3.8) is 0 Å². The van der Waals surface area contributed by atoms with Crippen LogP contribution in [0.15, 0.2) is 36.4 Å². The summed E-state index contributed by atoms with van der Waals surface area (Å²) in [5, 5.41) is 0. The molecule has 0 spiro atoms. The van der Waals surface area contributed by atoms with E-state index >= 15 is 0 Å². The summed E-state index contributed by atoms with van der Waals surface area (Å²) in [4.78, 5) is 0. The van der Waals surface area contributed by atoms with E-state index in [-0.39, 0.29) is 17.4 Å². The monoisotopic (exact) mass is 292 g/mol. The normalized spacial score (nSPS) is 9.16. The van der Waals surface area contributed by atoms with E-state index in [1.54, 1.807) is 0 Å². The Morgan fingerprint density at radius 3 is 0.579 bits per heavy atom. The van der Waals surface area contributed by atoms with Crippen LogP contribution >= 0.6 is 0 Å². The number of hydrogen-bond donors (Lipinski definition) is 0. The number of rotatable bonds is 0. The van der Waals surface area contributed by atoms with Gasteiger partial charge in [-0.25, -0.2) is 0 Å². The van der Waals surface area contributed by atoms with E-state index in [9.17, 15) is 0 Å². The minimum absolute atomic E-state index is 0. The number of hydrogen-bond acceptors (Lipinski definition) is 0. The van der Waals surface area contributed by atoms with Gasteiger partial charge in [-0.15, -0.1) is 0 Å². The molecule has 0 aliphatic heterocycles. The first kappa shape index (κ1) is 18.0. The third kappa shape index (κ3) is 7.21. The molecule has 100 valence electrons. The predicted octanol–water partition coefficient (Wildman–Crippen LogP) is 5.22. The Balaban J connectivity index is 0.000000324. The second-order valence-corrected chi connectivity index (χ2v) is 5.33. The molecule has 0 amide bonds. The van der Waals surface area contributed by atoms with Gasteiger partial charge >= 0.3 is 17.4 Å². The zero-order valence-corrected chi connectivity index (χ0v) is 14.1. The molecule has 0 saturated heterocycles. The SMILES string of the molecule is Cc1cc(C)cc(C)c1.Cc1cc(C)cc(C)c1.[Cr+2]. The molecule has 0 fully saturated rings. The van der Waals surface area contributed by atoms with Crippen LogP contribution in [0.3, 0.4) is 0 Å². The zero-order valence-electron chi connectivity index (χ0n) is 12.9. The molecule has 1 heteroatoms. The van der Waals surface area contributed by atoms with E-state index in [0.29, 0.717) is 0 Å². The summed E-state index contributed by atoms with van der Waals surface area (Å²) in [6, 6.07) is 13.1. The molecule has 2 rings (SSSR count). The summed E-state index contributed by atoms with van der Waals surface area (Å²) in [6.45, 7) is 12.8. The first-order valence-electron chi connectivity index (χ1n) is 6.46. The molecule has 0 saturated carbocycles. The van der Waals surface area contributed by atoms with E-state index in [0.717, 1.165) is 0 Å². The number of aryl methyl sites for hydroxylation is 6. The second-order valence-electron chi connectivity index (χ2n) is 5.33. The van der Waals surface area contributed by atoms with E-state index in [2.05, 4.69) is 77.9 Å². The molecule has 0 heterocycles. The Kier molecular flexibility index (Phi) is 7.76. The fraction of sp³-hybridized carbons (Fsp3) is 0.333. The maximum absolute atomic E-state index is 2.19. The van der Waals surface area contributed by atoms with Crippen molar-refractivity contribution in [1.29, 1.82) is 0 Å². The van der Waals surface area contributed by atoms with Gasteiger partial charge in [-0.1, -0.05) is 69.8 Å². The van der Waals surface area contributed by atoms with Crippen molar-refractivity contribution in [2.24, 2.45) is 0 Å². The Morgan fingerprint density at radius 2 is 0.474 bits per heavy atom. The van der Waals surface area contributed by atoms with Crippen LogP contribution in [0.2, 0.25) is 0 Å². The molecule has 2 aromatic rings. The quantitative estimate of drug-likeness (QED) is 0.624. The van der Waals surface area contributed by atoms with Gasteiger partial charge < -0.3 is 0 Å². The molecule has 0 aromatic heterocycles. The van der Waals surface area contributed by atoms with Crippen LogP contribution in [0.5, 0.6) is 0 Å². The van der Waals surface area contributed by atoms with Crippen LogP contribution in [0.4, 0.5) is 0 Å². The van der Waals surface area contributed by atoms with Gasteiger partial charge in [0.25, 0.3) is 0 Å². The molecule has 19 heavy (non-hydrogen) atoms. The smallest absolute Gasteiger partial charge is 0.0564 e. The molecule has 2 aromatic carbocycles. The van der Waals surface area contributed by atoms with Crippen molar-refractivity contribution < 1.29 is 17.4 Å². The van der Waals surface area contributed by atoms with Crippen molar-refractivity contribution in [1.82, 2.24) is 0 Å². The average Bonchev–Trinajstić information content (AvgIpc) is 2.12. The molecular weight excluding hydrogens is 268 g/mol. The largest absolute Gasteiger partial charge is 2.00 e. The van der Waals surface area contributed by atoms with Crippen molar-refractivity contribution in [3.8, 4) is 0 Å². The molecule has 0 aliphatic carbocycles. The Hall–Kier alpha value is -1.03. The van der Waals surface area contributed by atoms with E-state index in [1.165, 1.54) is 33.4 Å². The van der Waals surface area contributed by atoms with Crippen molar-refractivity contribution in [2.45, 2.75) is 41.5 Å². The van der Waals surface area contributed by atoms with Gasteiger partial charge in [-0.2, -0.15) is 0 Å². The summed E-state index contributed by atoms with van der Waals surface area (Å²) in [6.07, 6.45) is 0. The molecule has 0 N–H and O–H groups in total. The van der Waals surface area contributed by atoms with E-state index in [1.807, 2.05) is 0 Å². The minimum atomic E-state index is 0. The van der Waals surface area contributed by atoms with E-state index in [4.69, 9.17) is 0 Å². The van der Waals surface area contributed by atoms with Gasteiger partial charge in [-0.05, 0) is 41.5 Å². The van der Waals surface area contributed by atoms with Gasteiger partial charge in [-0.3, -0.25) is 0 Å². The Labute approximate surface area is 129 Å². The molecule has 0 radical (unpaired) electrons. The standard InChI is InChI=1S/2C9H12.Cr/c2*1-7-4-8(2)6-9(3)5-7;/h2*4-6H,1-3H3;/q;;+2. The van der Waals surface area contributed by atoms with Crippen LogP contribution in [0.1, 0.15) is 33.4 Å². The Morgan fingerprint density at radius 1 is 0.368 bits per heavy atom. The third-order valence-corrected chi connectivity index (χ3v) is 2.73. The fourth-order valence-corrected chi connectivity index (χ4v) is 2.40. The molecule has 0 nitrogen and oxygen atoms in total. The minimum Gasteiger partial charge on any atom is -0.0564 e. The molecule has 0 atom stereocenters. The molecule has 0 aliphatic rings. The molecule has 0 unspecified atom stereocenters. The first-order chi connectivity index (χ1) is 8.36. The first-order valence-corrected chi connectivity index (χ1v) is 6.46. The van der Waals surface area contributed by atoms with Crippen molar-refractivity contribution >= 4 is 0 Å². The Bertz CT molecular complexity index is 377. The van der Waals surface area contributed by atoms with Crippen molar-refractivity contribution in [3.05, 3.63) is 69.8 Å². The van der Waals surface area contributed by atoms with Gasteiger partial charge in [0.05, 0.1) is 0 Å². The average molecular weight is 292 g/mol. The molecular formula is C18H24Cr+2. The van der Waals surface area contributed by atoms with Crippen LogP contribution in [-0.4, -0.2) is 0 Å². The topological polar surface area (TPSA) is 0 Å². The summed E-state index contributed by atoms with van der Waals surface area (Å²) in [7, 11) is 0. The van der Waals surface area contributed by atoms with E-state index < -0.39 is 0 Å². The number of benzene rings is 2. The molecule has 0 bridgehead atoms. The second kappa shape index (κ2) is 8.20. The summed E-state index contributed by atoms with van der Waals surface area (Å²) >= 11 is 0. The maximum Gasteiger partial charge on any atom is 2.00 e. The summed E-state index contributed by atoms with van der Waals surface area (Å²) < 4.78 is 0. The van der Waals surface area contributed by atoms with Crippen LogP contribution in [-0.2, 0) is 17.4 Å².